The summed E-state index contributed by atoms with van der Waals surface area (Å²) in [5.74, 6) is -1.15. The second kappa shape index (κ2) is 39.4. The minimum absolute atomic E-state index is 0.0801. The predicted octanol–water partition coefficient (Wildman–Crippen LogP) is 9.98. The average Bonchev–Trinajstić information content (AvgIpc) is 3.20. The largest absolute Gasteiger partial charge is 0.472 e. The summed E-state index contributed by atoms with van der Waals surface area (Å²) in [7, 11) is -9.72. The van der Waals surface area contributed by atoms with Crippen molar-refractivity contribution in [1.82, 2.24) is 0 Å². The van der Waals surface area contributed by atoms with Crippen LogP contribution in [0.2, 0.25) is 0 Å². The third-order valence-electron chi connectivity index (χ3n) is 8.65. The third-order valence-corrected chi connectivity index (χ3v) is 10.1. The Balaban J connectivity index is 4.69. The third kappa shape index (κ3) is 42.2. The molecule has 0 bridgehead atoms. The Morgan fingerprint density at radius 2 is 1.12 bits per heavy atom. The van der Waals surface area contributed by atoms with E-state index in [2.05, 4.69) is 47.2 Å². The molecule has 0 aromatic carbocycles. The van der Waals surface area contributed by atoms with Crippen LogP contribution in [-0.4, -0.2) is 81.6 Å². The smallest absolute Gasteiger partial charge is 0.462 e. The molecule has 0 aliphatic heterocycles. The number of hydrogen-bond acceptors (Lipinski definition) is 11. The Labute approximate surface area is 359 Å². The summed E-state index contributed by atoms with van der Waals surface area (Å²) in [5.41, 5.74) is 0. The molecule has 0 aliphatic rings. The van der Waals surface area contributed by atoms with E-state index >= 15 is 0 Å². The van der Waals surface area contributed by atoms with Gasteiger partial charge in [0.15, 0.2) is 6.10 Å². The number of unbranched alkanes of at least 4 members (excludes halogenated alkanes) is 12. The van der Waals surface area contributed by atoms with Crippen molar-refractivity contribution in [2.45, 2.75) is 167 Å². The lowest BCUT2D eigenvalue weighted by Crippen LogP contribution is -2.30. The van der Waals surface area contributed by atoms with E-state index in [0.717, 1.165) is 51.4 Å². The maximum atomic E-state index is 12.7. The van der Waals surface area contributed by atoms with Crippen LogP contribution in [0.5, 0.6) is 0 Å². The molecule has 0 amide bonds. The minimum Gasteiger partial charge on any atom is -0.462 e. The lowest BCUT2D eigenvalue weighted by atomic mass is 10.1. The molecule has 0 radical (unpaired) electrons. The number of carbonyl (C=O) groups excluding carboxylic acids is 2. The van der Waals surface area contributed by atoms with Gasteiger partial charge >= 0.3 is 27.6 Å². The van der Waals surface area contributed by atoms with Gasteiger partial charge in [-0.05, 0) is 70.6 Å². The molecule has 0 saturated carbocycles. The summed E-state index contributed by atoms with van der Waals surface area (Å²) >= 11 is 0. The van der Waals surface area contributed by atoms with E-state index in [1.165, 1.54) is 38.5 Å². The summed E-state index contributed by atoms with van der Waals surface area (Å²) in [6, 6.07) is 0. The first-order valence-electron chi connectivity index (χ1n) is 21.7. The van der Waals surface area contributed by atoms with Crippen LogP contribution in [0.25, 0.3) is 0 Å². The number of rotatable bonds is 40. The van der Waals surface area contributed by atoms with E-state index < -0.39 is 72.3 Å². The topological polar surface area (TPSA) is 216 Å². The lowest BCUT2D eigenvalue weighted by Gasteiger charge is -2.20. The summed E-state index contributed by atoms with van der Waals surface area (Å²) in [4.78, 5) is 52.7. The van der Waals surface area contributed by atoms with Gasteiger partial charge < -0.3 is 34.4 Å². The molecule has 0 saturated heterocycles. The molecule has 0 aliphatic carbocycles. The van der Waals surface area contributed by atoms with Gasteiger partial charge in [-0.1, -0.05) is 138 Å². The number of phosphoric ester groups is 2. The van der Waals surface area contributed by atoms with E-state index in [-0.39, 0.29) is 12.8 Å². The molecule has 0 aromatic heterocycles. The van der Waals surface area contributed by atoms with Crippen LogP contribution in [0.1, 0.15) is 149 Å². The molecule has 0 rings (SSSR count). The molecular weight excluding hydrogens is 814 g/mol. The molecule has 4 atom stereocenters. The number of allylic oxidation sites excluding steroid dienone is 10. The molecule has 16 heteroatoms. The minimum atomic E-state index is -4.88. The molecule has 346 valence electrons. The molecule has 5 N–H and O–H groups in total. The fraction of sp³-hybridized carbons (Fsp3) is 0.682. The molecule has 14 nitrogen and oxygen atoms in total. The zero-order valence-electron chi connectivity index (χ0n) is 36.1. The first kappa shape index (κ1) is 57.5. The molecule has 2 unspecified atom stereocenters. The van der Waals surface area contributed by atoms with Crippen LogP contribution in [0.3, 0.4) is 0 Å². The van der Waals surface area contributed by atoms with Crippen LogP contribution in [-0.2, 0) is 41.8 Å². The van der Waals surface area contributed by atoms with E-state index in [0.29, 0.717) is 32.1 Å². The molecule has 0 spiro atoms. The molecular formula is C44H76O14P2. The van der Waals surface area contributed by atoms with Gasteiger partial charge in [0.05, 0.1) is 25.9 Å². The highest BCUT2D eigenvalue weighted by Gasteiger charge is 2.28. The van der Waals surface area contributed by atoms with Crippen LogP contribution < -0.4 is 0 Å². The Morgan fingerprint density at radius 1 is 0.567 bits per heavy atom. The van der Waals surface area contributed by atoms with Gasteiger partial charge in [0.1, 0.15) is 12.7 Å². The second-order valence-electron chi connectivity index (χ2n) is 14.4. The van der Waals surface area contributed by atoms with Crippen molar-refractivity contribution in [3.05, 3.63) is 72.9 Å². The second-order valence-corrected chi connectivity index (χ2v) is 17.1. The molecule has 0 aromatic rings. The van der Waals surface area contributed by atoms with Crippen LogP contribution in [0, 0.1) is 0 Å². The van der Waals surface area contributed by atoms with E-state index in [1.807, 2.05) is 36.5 Å². The standard InChI is InChI=1S/C44H76O14P2/c1-3-5-7-9-11-12-13-14-15-16-17-18-23-27-31-35-44(48)58-42(39-57-60(52,53)56-37-41(46)36-55-59(49,50)51)38-54-43(47)34-30-26-22-20-19-21-25-29-33-40(45)32-28-24-10-8-6-4-2/h6,8,14-15,20-22,24-25,28-29,33,40-42,45-46H,3-5,7,9-13,16-19,23,26-27,30-32,34-39H2,1-2H3,(H,52,53)(H2,49,50,51)/b8-6-,15-14-,22-20-,25-21-,28-24-,33-29+/t40?,41-,42+/m0/s1. The number of ether oxygens (including phenoxy) is 2. The number of aliphatic hydroxyl groups is 2. The number of esters is 2. The fourth-order valence-corrected chi connectivity index (χ4v) is 6.50. The summed E-state index contributed by atoms with van der Waals surface area (Å²) < 4.78 is 47.7. The van der Waals surface area contributed by atoms with Crippen molar-refractivity contribution in [3.8, 4) is 0 Å². The summed E-state index contributed by atoms with van der Waals surface area (Å²) in [6.07, 6.45) is 39.3. The maximum Gasteiger partial charge on any atom is 0.472 e. The number of aliphatic hydroxyl groups excluding tert-OH is 2. The molecule has 0 heterocycles. The Kier molecular flexibility index (Phi) is 37.7. The number of carbonyl (C=O) groups is 2. The van der Waals surface area contributed by atoms with Crippen LogP contribution >= 0.6 is 15.6 Å². The maximum absolute atomic E-state index is 12.7. The van der Waals surface area contributed by atoms with Gasteiger partial charge in [0.25, 0.3) is 0 Å². The van der Waals surface area contributed by atoms with E-state index in [1.54, 1.807) is 12.2 Å². The number of hydrogen-bond donors (Lipinski definition) is 5. The fourth-order valence-electron chi connectivity index (χ4n) is 5.34. The first-order chi connectivity index (χ1) is 28.8. The van der Waals surface area contributed by atoms with Crippen LogP contribution in [0.15, 0.2) is 72.9 Å². The SMILES string of the molecule is CC/C=C\C/C=C\CC(O)/C=C/C=C\C/C=C\CCCC(=O)OC[C@H](COP(=O)(O)OC[C@@H](O)COP(=O)(O)O)OC(=O)CCCCCCC/C=C\CCCCCCCC. The van der Waals surface area contributed by atoms with Crippen molar-refractivity contribution in [3.63, 3.8) is 0 Å². The van der Waals surface area contributed by atoms with Gasteiger partial charge in [-0.15, -0.1) is 0 Å². The van der Waals surface area contributed by atoms with Crippen molar-refractivity contribution >= 4 is 27.6 Å². The Bertz CT molecular complexity index is 1350. The average molecular weight is 891 g/mol. The monoisotopic (exact) mass is 890 g/mol. The van der Waals surface area contributed by atoms with Gasteiger partial charge in [-0.3, -0.25) is 23.2 Å². The first-order valence-corrected chi connectivity index (χ1v) is 24.8. The van der Waals surface area contributed by atoms with Gasteiger partial charge in [0.2, 0.25) is 0 Å². The Hall–Kier alpha value is -2.48. The van der Waals surface area contributed by atoms with Crippen molar-refractivity contribution < 1.29 is 66.7 Å². The van der Waals surface area contributed by atoms with Crippen molar-refractivity contribution in [2.75, 3.05) is 26.4 Å². The summed E-state index contributed by atoms with van der Waals surface area (Å²) in [5, 5.41) is 19.8. The highest BCUT2D eigenvalue weighted by molar-refractivity contribution is 7.47. The van der Waals surface area contributed by atoms with E-state index in [9.17, 15) is 33.8 Å². The molecule has 0 fully saturated rings. The highest BCUT2D eigenvalue weighted by Crippen LogP contribution is 2.43. The predicted molar refractivity (Wildman–Crippen MR) is 236 cm³/mol. The Morgan fingerprint density at radius 3 is 1.80 bits per heavy atom. The van der Waals surface area contributed by atoms with Crippen molar-refractivity contribution in [2.24, 2.45) is 0 Å². The highest BCUT2D eigenvalue weighted by atomic mass is 31.2. The molecule has 60 heavy (non-hydrogen) atoms. The zero-order valence-corrected chi connectivity index (χ0v) is 37.9. The normalized spacial score (nSPS) is 15.2. The zero-order chi connectivity index (χ0) is 44.6. The number of phosphoric acid groups is 2. The van der Waals surface area contributed by atoms with Gasteiger partial charge in [-0.25, -0.2) is 9.13 Å². The lowest BCUT2D eigenvalue weighted by molar-refractivity contribution is -0.161. The van der Waals surface area contributed by atoms with Gasteiger partial charge in [-0.2, -0.15) is 0 Å². The van der Waals surface area contributed by atoms with Crippen LogP contribution in [0.4, 0.5) is 0 Å². The quantitative estimate of drug-likeness (QED) is 0.0127. The summed E-state index contributed by atoms with van der Waals surface area (Å²) in [6.45, 7) is 1.47. The van der Waals surface area contributed by atoms with E-state index in [4.69, 9.17) is 23.8 Å². The van der Waals surface area contributed by atoms with Crippen molar-refractivity contribution in [1.29, 1.82) is 0 Å². The van der Waals surface area contributed by atoms with Gasteiger partial charge in [0, 0.05) is 12.8 Å².